The molecule has 2 aromatic carbocycles. The van der Waals surface area contributed by atoms with Gasteiger partial charge in [-0.1, -0.05) is 55.5 Å². The van der Waals surface area contributed by atoms with Crippen molar-refractivity contribution in [2.45, 2.75) is 38.1 Å². The molecule has 6 nitrogen and oxygen atoms in total. The summed E-state index contributed by atoms with van der Waals surface area (Å²) in [7, 11) is 0.254. The van der Waals surface area contributed by atoms with E-state index in [0.29, 0.717) is 13.1 Å². The van der Waals surface area contributed by atoms with Crippen molar-refractivity contribution in [2.75, 3.05) is 19.9 Å². The highest BCUT2D eigenvalue weighted by Crippen LogP contribution is 2.29. The van der Waals surface area contributed by atoms with E-state index in [1.54, 1.807) is 20.2 Å². The van der Waals surface area contributed by atoms with Gasteiger partial charge in [0.05, 0.1) is 31.3 Å². The predicted octanol–water partition coefficient (Wildman–Crippen LogP) is 3.93. The number of aromatic nitrogens is 2. The van der Waals surface area contributed by atoms with Crippen LogP contribution in [0.3, 0.4) is 0 Å². The third kappa shape index (κ3) is 4.74. The third-order valence-corrected chi connectivity index (χ3v) is 7.05. The Balaban J connectivity index is 1.93. The molecule has 160 valence electrons. The van der Waals surface area contributed by atoms with E-state index < -0.39 is 9.84 Å². The van der Waals surface area contributed by atoms with Crippen LogP contribution in [0.1, 0.15) is 36.7 Å². The monoisotopic (exact) mass is 427 g/mol. The van der Waals surface area contributed by atoms with Crippen LogP contribution in [0.5, 0.6) is 5.75 Å². The number of sulfone groups is 1. The number of hydrogen-bond acceptors (Lipinski definition) is 5. The van der Waals surface area contributed by atoms with Crippen LogP contribution < -0.4 is 4.74 Å². The molecule has 0 aliphatic rings. The van der Waals surface area contributed by atoms with E-state index in [1.807, 2.05) is 66.2 Å². The molecule has 0 unspecified atom stereocenters. The first-order valence-electron chi connectivity index (χ1n) is 10.0. The second-order valence-corrected chi connectivity index (χ2v) is 9.51. The minimum atomic E-state index is -3.43. The lowest BCUT2D eigenvalue weighted by molar-refractivity contribution is 0.240. The SMILES string of the molecule is CCS(=O)(=O)c1ncc(CN(C)[C@H](C)c2ccccc2OC)n1Cc1ccccc1. The fourth-order valence-corrected chi connectivity index (χ4v) is 4.46. The van der Waals surface area contributed by atoms with Gasteiger partial charge in [0.25, 0.3) is 0 Å². The maximum Gasteiger partial charge on any atom is 0.228 e. The average Bonchev–Trinajstić information content (AvgIpc) is 3.16. The zero-order chi connectivity index (χ0) is 21.7. The number of benzene rings is 2. The highest BCUT2D eigenvalue weighted by atomic mass is 32.2. The Labute approximate surface area is 179 Å². The molecule has 1 heterocycles. The van der Waals surface area contributed by atoms with Gasteiger partial charge in [-0.15, -0.1) is 0 Å². The van der Waals surface area contributed by atoms with Gasteiger partial charge in [-0.2, -0.15) is 0 Å². The number of methoxy groups -OCH3 is 1. The Morgan fingerprint density at radius 2 is 1.77 bits per heavy atom. The second kappa shape index (κ2) is 9.45. The smallest absolute Gasteiger partial charge is 0.228 e. The normalized spacial score (nSPS) is 12.8. The van der Waals surface area contributed by atoms with Gasteiger partial charge < -0.3 is 9.30 Å². The summed E-state index contributed by atoms with van der Waals surface area (Å²) in [6.07, 6.45) is 1.68. The van der Waals surface area contributed by atoms with Crippen LogP contribution in [0, 0.1) is 0 Å². The third-order valence-electron chi connectivity index (χ3n) is 5.40. The highest BCUT2D eigenvalue weighted by molar-refractivity contribution is 7.91. The average molecular weight is 428 g/mol. The largest absolute Gasteiger partial charge is 0.496 e. The number of hydrogen-bond donors (Lipinski definition) is 0. The van der Waals surface area contributed by atoms with Crippen LogP contribution in [0.4, 0.5) is 0 Å². The molecular formula is C23H29N3O3S. The summed E-state index contributed by atoms with van der Waals surface area (Å²) in [5.41, 5.74) is 2.97. The van der Waals surface area contributed by atoms with Crippen molar-refractivity contribution in [3.63, 3.8) is 0 Å². The molecule has 1 aromatic heterocycles. The predicted molar refractivity (Wildman–Crippen MR) is 118 cm³/mol. The Kier molecular flexibility index (Phi) is 6.95. The van der Waals surface area contributed by atoms with Crippen molar-refractivity contribution in [3.8, 4) is 5.75 Å². The summed E-state index contributed by atoms with van der Waals surface area (Å²) < 4.78 is 32.6. The molecule has 0 N–H and O–H groups in total. The van der Waals surface area contributed by atoms with Crippen LogP contribution in [-0.2, 0) is 22.9 Å². The fourth-order valence-electron chi connectivity index (χ4n) is 3.47. The van der Waals surface area contributed by atoms with E-state index in [2.05, 4.69) is 16.8 Å². The summed E-state index contributed by atoms with van der Waals surface area (Å²) in [5.74, 6) is 0.856. The molecule has 0 amide bonds. The van der Waals surface area contributed by atoms with Crippen molar-refractivity contribution >= 4 is 9.84 Å². The standard InChI is InChI=1S/C23H29N3O3S/c1-5-30(27,28)23-24-15-20(26(23)16-19-11-7-6-8-12-19)17-25(3)18(2)21-13-9-10-14-22(21)29-4/h6-15,18H,5,16-17H2,1-4H3/t18-/m1/s1. The van der Waals surface area contributed by atoms with Crippen LogP contribution in [0.15, 0.2) is 66.0 Å². The summed E-state index contributed by atoms with van der Waals surface area (Å²) in [5, 5.41) is 0.127. The molecule has 3 rings (SSSR count). The Morgan fingerprint density at radius 3 is 2.43 bits per heavy atom. The van der Waals surface area contributed by atoms with E-state index in [4.69, 9.17) is 4.74 Å². The van der Waals surface area contributed by atoms with Crippen molar-refractivity contribution in [1.82, 2.24) is 14.5 Å². The molecular weight excluding hydrogens is 398 g/mol. The summed E-state index contributed by atoms with van der Waals surface area (Å²) in [6.45, 7) is 4.77. The van der Waals surface area contributed by atoms with Gasteiger partial charge in [0.2, 0.25) is 15.0 Å². The number of rotatable bonds is 9. The minimum Gasteiger partial charge on any atom is -0.496 e. The topological polar surface area (TPSA) is 64.4 Å². The van der Waals surface area contributed by atoms with Gasteiger partial charge in [-0.05, 0) is 25.6 Å². The zero-order valence-electron chi connectivity index (χ0n) is 17.9. The van der Waals surface area contributed by atoms with Crippen molar-refractivity contribution in [1.29, 1.82) is 0 Å². The van der Waals surface area contributed by atoms with E-state index >= 15 is 0 Å². The number of nitrogens with zero attached hydrogens (tertiary/aromatic N) is 3. The first-order valence-corrected chi connectivity index (χ1v) is 11.7. The second-order valence-electron chi connectivity index (χ2n) is 7.34. The quantitative estimate of drug-likeness (QED) is 0.518. The lowest BCUT2D eigenvalue weighted by Gasteiger charge is -2.27. The Hall–Kier alpha value is -2.64. The zero-order valence-corrected chi connectivity index (χ0v) is 18.8. The summed E-state index contributed by atoms with van der Waals surface area (Å²) >= 11 is 0. The summed E-state index contributed by atoms with van der Waals surface area (Å²) in [4.78, 5) is 6.46. The van der Waals surface area contributed by atoms with Crippen LogP contribution in [0.25, 0.3) is 0 Å². The summed E-state index contributed by atoms with van der Waals surface area (Å²) in [6, 6.07) is 17.9. The molecule has 0 bridgehead atoms. The molecule has 7 heteroatoms. The van der Waals surface area contributed by atoms with Gasteiger partial charge in [-0.25, -0.2) is 13.4 Å². The fraction of sp³-hybridized carbons (Fsp3) is 0.348. The maximum absolute atomic E-state index is 12.6. The molecule has 0 saturated heterocycles. The lowest BCUT2D eigenvalue weighted by Crippen LogP contribution is -2.25. The highest BCUT2D eigenvalue weighted by Gasteiger charge is 2.24. The molecule has 1 atom stereocenters. The first kappa shape index (κ1) is 22.1. The van der Waals surface area contributed by atoms with Crippen LogP contribution in [-0.4, -0.2) is 42.8 Å². The molecule has 0 fully saturated rings. The van der Waals surface area contributed by atoms with Gasteiger partial charge in [0.1, 0.15) is 5.75 Å². The first-order chi connectivity index (χ1) is 14.4. The molecule has 0 saturated carbocycles. The molecule has 30 heavy (non-hydrogen) atoms. The van der Waals surface area contributed by atoms with Gasteiger partial charge in [0, 0.05) is 18.2 Å². The Morgan fingerprint density at radius 1 is 1.10 bits per heavy atom. The Bertz CT molecular complexity index is 1080. The molecule has 0 aliphatic heterocycles. The number of para-hydroxylation sites is 1. The molecule has 3 aromatic rings. The molecule has 0 radical (unpaired) electrons. The van der Waals surface area contributed by atoms with Crippen LogP contribution in [0.2, 0.25) is 0 Å². The maximum atomic E-state index is 12.6. The molecule has 0 spiro atoms. The van der Waals surface area contributed by atoms with Gasteiger partial charge >= 0.3 is 0 Å². The van der Waals surface area contributed by atoms with Gasteiger partial charge in [0.15, 0.2) is 0 Å². The van der Waals surface area contributed by atoms with E-state index in [9.17, 15) is 8.42 Å². The lowest BCUT2D eigenvalue weighted by atomic mass is 10.1. The van der Waals surface area contributed by atoms with E-state index in [-0.39, 0.29) is 17.0 Å². The van der Waals surface area contributed by atoms with Crippen molar-refractivity contribution in [3.05, 3.63) is 77.6 Å². The van der Waals surface area contributed by atoms with E-state index in [0.717, 1.165) is 22.6 Å². The van der Waals surface area contributed by atoms with Crippen molar-refractivity contribution in [2.24, 2.45) is 0 Å². The number of imidazole rings is 1. The van der Waals surface area contributed by atoms with E-state index in [1.165, 1.54) is 0 Å². The van der Waals surface area contributed by atoms with Gasteiger partial charge in [-0.3, -0.25) is 4.90 Å². The minimum absolute atomic E-state index is 0.0195. The number of ether oxygens (including phenoxy) is 1. The molecule has 0 aliphatic carbocycles. The van der Waals surface area contributed by atoms with Crippen molar-refractivity contribution < 1.29 is 13.2 Å². The van der Waals surface area contributed by atoms with Crippen LogP contribution >= 0.6 is 0 Å².